The summed E-state index contributed by atoms with van der Waals surface area (Å²) in [7, 11) is 0. The summed E-state index contributed by atoms with van der Waals surface area (Å²) in [5.74, 6) is -1.36. The van der Waals surface area contributed by atoms with E-state index in [0.29, 0.717) is 13.1 Å². The number of carboxylic acid groups (broad SMARTS) is 1. The van der Waals surface area contributed by atoms with Crippen molar-refractivity contribution in [3.8, 4) is 5.75 Å². The molecule has 0 aliphatic carbocycles. The van der Waals surface area contributed by atoms with E-state index >= 15 is 0 Å². The van der Waals surface area contributed by atoms with Gasteiger partial charge in [0, 0.05) is 18.8 Å². The van der Waals surface area contributed by atoms with Crippen molar-refractivity contribution < 1.29 is 15.0 Å². The summed E-state index contributed by atoms with van der Waals surface area (Å²) in [4.78, 5) is 13.6. The highest BCUT2D eigenvalue weighted by molar-refractivity contribution is 5.92. The second-order valence-electron chi connectivity index (χ2n) is 6.72. The molecule has 3 rings (SSSR count). The van der Waals surface area contributed by atoms with Crippen molar-refractivity contribution >= 4 is 11.7 Å². The molecule has 2 N–H and O–H groups in total. The molecule has 0 aliphatic rings. The third-order valence-corrected chi connectivity index (χ3v) is 4.82. The molecule has 4 nitrogen and oxygen atoms in total. The number of carboxylic acids is 1. The van der Waals surface area contributed by atoms with Crippen molar-refractivity contribution in [2.45, 2.75) is 26.9 Å². The van der Waals surface area contributed by atoms with Gasteiger partial charge in [0.25, 0.3) is 0 Å². The van der Waals surface area contributed by atoms with E-state index in [0.717, 1.165) is 5.69 Å². The summed E-state index contributed by atoms with van der Waals surface area (Å²) in [6.45, 7) is 5.43. The number of phenols is 1. The zero-order chi connectivity index (χ0) is 19.4. The number of rotatable bonds is 6. The third-order valence-electron chi connectivity index (χ3n) is 4.82. The highest BCUT2D eigenvalue weighted by Crippen LogP contribution is 2.28. The van der Waals surface area contributed by atoms with Crippen molar-refractivity contribution in [3.63, 3.8) is 0 Å². The zero-order valence-corrected chi connectivity index (χ0v) is 15.5. The fourth-order valence-electron chi connectivity index (χ4n) is 3.12. The van der Waals surface area contributed by atoms with Crippen molar-refractivity contribution in [1.29, 1.82) is 0 Å². The minimum atomic E-state index is -1.14. The minimum Gasteiger partial charge on any atom is -0.507 e. The van der Waals surface area contributed by atoms with Gasteiger partial charge in [-0.05, 0) is 54.3 Å². The zero-order valence-electron chi connectivity index (χ0n) is 15.5. The molecule has 0 radical (unpaired) electrons. The summed E-state index contributed by atoms with van der Waals surface area (Å²) in [5.41, 5.74) is 5.39. The minimum absolute atomic E-state index is 0.0907. The first-order chi connectivity index (χ1) is 13.0. The molecular formula is C23H23NO3. The Kier molecular flexibility index (Phi) is 5.46. The van der Waals surface area contributed by atoms with Crippen LogP contribution in [0.5, 0.6) is 5.75 Å². The number of anilines is 1. The predicted molar refractivity (Wildman–Crippen MR) is 107 cm³/mol. The SMILES string of the molecule is Cc1ccccc1CN(Cc1ccccc1C)c1ccc(O)c(C(=O)O)c1. The number of hydrogen-bond donors (Lipinski definition) is 2. The van der Waals surface area contributed by atoms with E-state index in [2.05, 4.69) is 43.0 Å². The van der Waals surface area contributed by atoms with Gasteiger partial charge in [0.05, 0.1) is 0 Å². The van der Waals surface area contributed by atoms with E-state index in [1.165, 1.54) is 34.4 Å². The molecule has 27 heavy (non-hydrogen) atoms. The molecule has 0 fully saturated rings. The Morgan fingerprint density at radius 3 is 1.85 bits per heavy atom. The lowest BCUT2D eigenvalue weighted by atomic mass is 10.0. The standard InChI is InChI=1S/C23H23NO3/c1-16-7-3-5-9-18(16)14-24(15-19-10-6-4-8-17(19)2)20-11-12-22(25)21(13-20)23(26)27/h3-13,25H,14-15H2,1-2H3,(H,26,27). The number of carbonyl (C=O) groups is 1. The van der Waals surface area contributed by atoms with Crippen molar-refractivity contribution in [2.24, 2.45) is 0 Å². The van der Waals surface area contributed by atoms with Crippen molar-refractivity contribution in [2.75, 3.05) is 4.90 Å². The van der Waals surface area contributed by atoms with Gasteiger partial charge >= 0.3 is 5.97 Å². The Labute approximate surface area is 159 Å². The van der Waals surface area contributed by atoms with E-state index in [9.17, 15) is 15.0 Å². The summed E-state index contributed by atoms with van der Waals surface area (Å²) >= 11 is 0. The van der Waals surface area contributed by atoms with Gasteiger partial charge in [-0.1, -0.05) is 48.5 Å². The first-order valence-corrected chi connectivity index (χ1v) is 8.86. The van der Waals surface area contributed by atoms with Gasteiger partial charge in [0.2, 0.25) is 0 Å². The molecule has 0 atom stereocenters. The number of aryl methyl sites for hydroxylation is 2. The van der Waals surface area contributed by atoms with Gasteiger partial charge in [-0.15, -0.1) is 0 Å². The maximum atomic E-state index is 11.4. The predicted octanol–water partition coefficient (Wildman–Crippen LogP) is 4.91. The van der Waals surface area contributed by atoms with E-state index in [-0.39, 0.29) is 11.3 Å². The molecule has 0 unspecified atom stereocenters. The first-order valence-electron chi connectivity index (χ1n) is 8.86. The van der Waals surface area contributed by atoms with Crippen LogP contribution in [-0.4, -0.2) is 16.2 Å². The lowest BCUT2D eigenvalue weighted by molar-refractivity contribution is 0.0694. The van der Waals surface area contributed by atoms with E-state index < -0.39 is 5.97 Å². The Morgan fingerprint density at radius 1 is 0.852 bits per heavy atom. The molecule has 138 valence electrons. The van der Waals surface area contributed by atoms with Crippen LogP contribution in [0.3, 0.4) is 0 Å². The van der Waals surface area contributed by atoms with E-state index in [1.54, 1.807) is 6.07 Å². The smallest absolute Gasteiger partial charge is 0.339 e. The molecule has 0 bridgehead atoms. The van der Waals surface area contributed by atoms with E-state index in [4.69, 9.17) is 0 Å². The van der Waals surface area contributed by atoms with Crippen LogP contribution in [0.1, 0.15) is 32.6 Å². The Hall–Kier alpha value is -3.27. The summed E-state index contributed by atoms with van der Waals surface area (Å²) in [5, 5.41) is 19.2. The topological polar surface area (TPSA) is 60.8 Å². The molecule has 0 aliphatic heterocycles. The van der Waals surface area contributed by atoms with Gasteiger partial charge in [-0.2, -0.15) is 0 Å². The van der Waals surface area contributed by atoms with E-state index in [1.807, 2.05) is 24.3 Å². The number of aromatic carboxylic acids is 1. The number of aromatic hydroxyl groups is 1. The second-order valence-corrected chi connectivity index (χ2v) is 6.72. The van der Waals surface area contributed by atoms with Crippen molar-refractivity contribution in [1.82, 2.24) is 0 Å². The van der Waals surface area contributed by atoms with Crippen LogP contribution in [0.2, 0.25) is 0 Å². The van der Waals surface area contributed by atoms with Crippen LogP contribution in [0.25, 0.3) is 0 Å². The quantitative estimate of drug-likeness (QED) is 0.655. The van der Waals surface area contributed by atoms with Crippen LogP contribution in [0, 0.1) is 13.8 Å². The summed E-state index contributed by atoms with van der Waals surface area (Å²) < 4.78 is 0. The molecule has 0 spiro atoms. The van der Waals surface area contributed by atoms with Crippen LogP contribution < -0.4 is 4.90 Å². The lowest BCUT2D eigenvalue weighted by Crippen LogP contribution is -2.23. The van der Waals surface area contributed by atoms with Gasteiger partial charge in [0.1, 0.15) is 11.3 Å². The molecule has 3 aromatic carbocycles. The normalized spacial score (nSPS) is 10.6. The first kappa shape index (κ1) is 18.5. The second kappa shape index (κ2) is 7.96. The molecule has 4 heteroatoms. The highest BCUT2D eigenvalue weighted by atomic mass is 16.4. The molecule has 3 aromatic rings. The average Bonchev–Trinajstić information content (AvgIpc) is 2.65. The Morgan fingerprint density at radius 2 is 1.37 bits per heavy atom. The maximum Gasteiger partial charge on any atom is 0.339 e. The molecule has 0 saturated carbocycles. The monoisotopic (exact) mass is 361 g/mol. The Bertz CT molecular complexity index is 918. The van der Waals surface area contributed by atoms with Crippen LogP contribution >= 0.6 is 0 Å². The fourth-order valence-corrected chi connectivity index (χ4v) is 3.12. The molecular weight excluding hydrogens is 338 g/mol. The number of nitrogens with zero attached hydrogens (tertiary/aromatic N) is 1. The van der Waals surface area contributed by atoms with Crippen LogP contribution in [-0.2, 0) is 13.1 Å². The maximum absolute atomic E-state index is 11.4. The fraction of sp³-hybridized carbons (Fsp3) is 0.174. The average molecular weight is 361 g/mol. The number of hydrogen-bond acceptors (Lipinski definition) is 3. The summed E-state index contributed by atoms with van der Waals surface area (Å²) in [6, 6.07) is 21.1. The van der Waals surface area contributed by atoms with Crippen LogP contribution in [0.4, 0.5) is 5.69 Å². The van der Waals surface area contributed by atoms with Gasteiger partial charge in [-0.3, -0.25) is 0 Å². The van der Waals surface area contributed by atoms with Crippen LogP contribution in [0.15, 0.2) is 66.7 Å². The number of benzene rings is 3. The van der Waals surface area contributed by atoms with Gasteiger partial charge < -0.3 is 15.1 Å². The van der Waals surface area contributed by atoms with Gasteiger partial charge in [0.15, 0.2) is 0 Å². The molecule has 0 saturated heterocycles. The van der Waals surface area contributed by atoms with Crippen molar-refractivity contribution in [3.05, 3.63) is 94.5 Å². The largest absolute Gasteiger partial charge is 0.507 e. The third kappa shape index (κ3) is 4.29. The molecule has 0 heterocycles. The molecule has 0 aromatic heterocycles. The Balaban J connectivity index is 2.02. The highest BCUT2D eigenvalue weighted by Gasteiger charge is 2.16. The lowest BCUT2D eigenvalue weighted by Gasteiger charge is -2.27. The van der Waals surface area contributed by atoms with Gasteiger partial charge in [-0.25, -0.2) is 4.79 Å². The summed E-state index contributed by atoms with van der Waals surface area (Å²) in [6.07, 6.45) is 0. The molecule has 0 amide bonds.